The largest absolute Gasteiger partial charge is 0.306 e. The Balaban J connectivity index is 1.60. The predicted octanol–water partition coefficient (Wildman–Crippen LogP) is 3.54. The van der Waals surface area contributed by atoms with Crippen molar-refractivity contribution in [3.63, 3.8) is 0 Å². The van der Waals surface area contributed by atoms with Crippen LogP contribution in [0.15, 0.2) is 78.3 Å². The minimum atomic E-state index is -0.223. The lowest BCUT2D eigenvalue weighted by Gasteiger charge is -2.12. The third-order valence-electron chi connectivity index (χ3n) is 3.45. The summed E-state index contributed by atoms with van der Waals surface area (Å²) in [6.45, 7) is 3.94. The van der Waals surface area contributed by atoms with Gasteiger partial charge in [-0.15, -0.1) is 0 Å². The summed E-state index contributed by atoms with van der Waals surface area (Å²) in [7, 11) is 0. The number of nitrogens with zero attached hydrogens (tertiary/aromatic N) is 2. The second kappa shape index (κ2) is 7.14. The fourth-order valence-corrected chi connectivity index (χ4v) is 2.39. The summed E-state index contributed by atoms with van der Waals surface area (Å²) in [4.78, 5) is 16.1. The predicted molar refractivity (Wildman–Crippen MR) is 97.3 cm³/mol. The van der Waals surface area contributed by atoms with Gasteiger partial charge in [0.15, 0.2) is 0 Å². The molecule has 24 heavy (non-hydrogen) atoms. The second-order valence-electron chi connectivity index (χ2n) is 5.08. The van der Waals surface area contributed by atoms with Crippen molar-refractivity contribution in [3.05, 3.63) is 89.4 Å². The van der Waals surface area contributed by atoms with Crippen molar-refractivity contribution >= 4 is 27.5 Å². The molecule has 0 radical (unpaired) electrons. The molecule has 2 N–H and O–H groups in total. The van der Waals surface area contributed by atoms with Gasteiger partial charge in [-0.05, 0) is 42.0 Å². The maximum atomic E-state index is 12.1. The number of imidazole rings is 1. The van der Waals surface area contributed by atoms with E-state index < -0.39 is 0 Å². The van der Waals surface area contributed by atoms with Crippen molar-refractivity contribution < 1.29 is 4.79 Å². The molecule has 0 saturated carbocycles. The van der Waals surface area contributed by atoms with E-state index in [0.717, 1.165) is 15.7 Å². The molecule has 1 heterocycles. The first-order valence-electron chi connectivity index (χ1n) is 7.23. The van der Waals surface area contributed by atoms with Crippen LogP contribution in [0.25, 0.3) is 11.4 Å². The Morgan fingerprint density at radius 1 is 1.00 bits per heavy atom. The minimum Gasteiger partial charge on any atom is -0.306 e. The third-order valence-corrected chi connectivity index (χ3v) is 3.98. The van der Waals surface area contributed by atoms with Gasteiger partial charge < -0.3 is 4.57 Å². The first-order valence-corrected chi connectivity index (χ1v) is 8.02. The highest BCUT2D eigenvalue weighted by molar-refractivity contribution is 9.10. The van der Waals surface area contributed by atoms with Gasteiger partial charge in [0, 0.05) is 28.1 Å². The molecule has 0 unspecified atom stereocenters. The van der Waals surface area contributed by atoms with Gasteiger partial charge in [-0.2, -0.15) is 0 Å². The maximum Gasteiger partial charge on any atom is 0.269 e. The molecule has 0 spiro atoms. The SMILES string of the molecule is C=C(NNC(=O)c1ccc(Br)cc1)c1ccc(-n2ccnc2)cc1. The molecule has 0 fully saturated rings. The van der Waals surface area contributed by atoms with Crippen LogP contribution in [0.2, 0.25) is 0 Å². The molecule has 120 valence electrons. The number of nitrogens with one attached hydrogen (secondary N) is 2. The number of hydrogen-bond donors (Lipinski definition) is 2. The van der Waals surface area contributed by atoms with Crippen LogP contribution in [-0.4, -0.2) is 15.5 Å². The van der Waals surface area contributed by atoms with Crippen LogP contribution in [0, 0.1) is 0 Å². The van der Waals surface area contributed by atoms with Crippen LogP contribution >= 0.6 is 15.9 Å². The van der Waals surface area contributed by atoms with E-state index in [1.807, 2.05) is 47.2 Å². The first-order chi connectivity index (χ1) is 11.6. The van der Waals surface area contributed by atoms with Crippen LogP contribution < -0.4 is 10.9 Å². The van der Waals surface area contributed by atoms with E-state index in [-0.39, 0.29) is 5.91 Å². The van der Waals surface area contributed by atoms with Gasteiger partial charge in [-0.3, -0.25) is 15.6 Å². The van der Waals surface area contributed by atoms with Crippen molar-refractivity contribution in [2.24, 2.45) is 0 Å². The van der Waals surface area contributed by atoms with Crippen molar-refractivity contribution in [1.82, 2.24) is 20.4 Å². The average molecular weight is 383 g/mol. The van der Waals surface area contributed by atoms with Crippen molar-refractivity contribution in [2.45, 2.75) is 0 Å². The number of carbonyl (C=O) groups is 1. The van der Waals surface area contributed by atoms with Crippen LogP contribution in [0.3, 0.4) is 0 Å². The van der Waals surface area contributed by atoms with Gasteiger partial charge in [0.2, 0.25) is 0 Å². The molecular formula is C18H15BrN4O. The minimum absolute atomic E-state index is 0.223. The summed E-state index contributed by atoms with van der Waals surface area (Å²) < 4.78 is 2.84. The molecule has 0 bridgehead atoms. The van der Waals surface area contributed by atoms with Crippen LogP contribution in [0.1, 0.15) is 15.9 Å². The molecule has 0 saturated heterocycles. The molecule has 0 aliphatic carbocycles. The summed E-state index contributed by atoms with van der Waals surface area (Å²) in [6, 6.07) is 14.9. The number of rotatable bonds is 5. The summed E-state index contributed by atoms with van der Waals surface area (Å²) in [5.74, 6) is -0.223. The summed E-state index contributed by atoms with van der Waals surface area (Å²) >= 11 is 3.34. The Kier molecular flexibility index (Phi) is 4.77. The monoisotopic (exact) mass is 382 g/mol. The molecule has 3 aromatic rings. The summed E-state index contributed by atoms with van der Waals surface area (Å²) in [5.41, 5.74) is 8.54. The standard InChI is InChI=1S/C18H15BrN4O/c1-13(21-22-18(24)15-2-6-16(19)7-3-15)14-4-8-17(9-5-14)23-11-10-20-12-23/h2-12,21H,1H2,(H,22,24). The highest BCUT2D eigenvalue weighted by Gasteiger charge is 2.06. The number of carbonyl (C=O) groups excluding carboxylic acids is 1. The topological polar surface area (TPSA) is 58.9 Å². The van der Waals surface area contributed by atoms with Gasteiger partial charge >= 0.3 is 0 Å². The van der Waals surface area contributed by atoms with E-state index in [0.29, 0.717) is 11.3 Å². The molecule has 1 aromatic heterocycles. The number of benzene rings is 2. The van der Waals surface area contributed by atoms with Crippen LogP contribution in [-0.2, 0) is 0 Å². The normalized spacial score (nSPS) is 10.2. The first kappa shape index (κ1) is 16.0. The van der Waals surface area contributed by atoms with Gasteiger partial charge in [0.1, 0.15) is 0 Å². The lowest BCUT2D eigenvalue weighted by Crippen LogP contribution is -2.35. The Bertz CT molecular complexity index is 840. The van der Waals surface area contributed by atoms with E-state index in [9.17, 15) is 4.79 Å². The van der Waals surface area contributed by atoms with Crippen molar-refractivity contribution in [2.75, 3.05) is 0 Å². The summed E-state index contributed by atoms with van der Waals surface area (Å²) in [5, 5.41) is 0. The second-order valence-corrected chi connectivity index (χ2v) is 6.00. The van der Waals surface area contributed by atoms with E-state index in [1.54, 1.807) is 24.7 Å². The molecule has 2 aromatic carbocycles. The lowest BCUT2D eigenvalue weighted by molar-refractivity contribution is 0.0942. The van der Waals surface area contributed by atoms with Crippen molar-refractivity contribution in [1.29, 1.82) is 0 Å². The average Bonchev–Trinajstić information content (AvgIpc) is 3.15. The van der Waals surface area contributed by atoms with E-state index in [2.05, 4.69) is 38.3 Å². The highest BCUT2D eigenvalue weighted by Crippen LogP contribution is 2.14. The fourth-order valence-electron chi connectivity index (χ4n) is 2.12. The number of aromatic nitrogens is 2. The molecular weight excluding hydrogens is 368 g/mol. The lowest BCUT2D eigenvalue weighted by atomic mass is 10.1. The van der Waals surface area contributed by atoms with E-state index in [4.69, 9.17) is 0 Å². The zero-order valence-corrected chi connectivity index (χ0v) is 14.3. The van der Waals surface area contributed by atoms with Crippen molar-refractivity contribution in [3.8, 4) is 5.69 Å². The molecule has 6 heteroatoms. The van der Waals surface area contributed by atoms with E-state index in [1.165, 1.54) is 0 Å². The van der Waals surface area contributed by atoms with Crippen LogP contribution in [0.5, 0.6) is 0 Å². The Hall–Kier alpha value is -2.86. The zero-order chi connectivity index (χ0) is 16.9. The molecule has 0 aliphatic heterocycles. The Morgan fingerprint density at radius 3 is 2.29 bits per heavy atom. The molecule has 3 rings (SSSR count). The van der Waals surface area contributed by atoms with Crippen LogP contribution in [0.4, 0.5) is 0 Å². The number of amides is 1. The molecule has 0 aliphatic rings. The van der Waals surface area contributed by atoms with Gasteiger partial charge in [-0.25, -0.2) is 4.98 Å². The quantitative estimate of drug-likeness (QED) is 0.663. The molecule has 0 atom stereocenters. The fraction of sp³-hybridized carbons (Fsp3) is 0. The highest BCUT2D eigenvalue weighted by atomic mass is 79.9. The van der Waals surface area contributed by atoms with E-state index >= 15 is 0 Å². The van der Waals surface area contributed by atoms with Gasteiger partial charge in [-0.1, -0.05) is 34.6 Å². The number of hydrogen-bond acceptors (Lipinski definition) is 3. The molecule has 1 amide bonds. The third kappa shape index (κ3) is 3.72. The molecule has 5 nitrogen and oxygen atoms in total. The number of halogens is 1. The van der Waals surface area contributed by atoms with Gasteiger partial charge in [0.05, 0.1) is 12.0 Å². The smallest absolute Gasteiger partial charge is 0.269 e. The number of hydrazine groups is 1. The maximum absolute atomic E-state index is 12.1. The Labute approximate surface area is 148 Å². The van der Waals surface area contributed by atoms with Gasteiger partial charge in [0.25, 0.3) is 5.91 Å². The Morgan fingerprint density at radius 2 is 1.67 bits per heavy atom. The zero-order valence-electron chi connectivity index (χ0n) is 12.7. The summed E-state index contributed by atoms with van der Waals surface area (Å²) in [6.07, 6.45) is 5.34.